The fourth-order valence-corrected chi connectivity index (χ4v) is 3.96. The van der Waals surface area contributed by atoms with Crippen LogP contribution in [0.4, 0.5) is 0 Å². The average Bonchev–Trinajstić information content (AvgIpc) is 2.67. The van der Waals surface area contributed by atoms with Crippen LogP contribution in [0.15, 0.2) is 41.3 Å². The summed E-state index contributed by atoms with van der Waals surface area (Å²) in [5.74, 6) is 0.518. The van der Waals surface area contributed by atoms with Gasteiger partial charge in [0.1, 0.15) is 5.82 Å². The summed E-state index contributed by atoms with van der Waals surface area (Å²) < 4.78 is 0. The van der Waals surface area contributed by atoms with Crippen molar-refractivity contribution in [2.24, 2.45) is 0 Å². The number of halogens is 1. The van der Waals surface area contributed by atoms with Gasteiger partial charge in [-0.3, -0.25) is 14.6 Å². The Morgan fingerprint density at radius 3 is 3.00 bits per heavy atom. The summed E-state index contributed by atoms with van der Waals surface area (Å²) in [4.78, 5) is 38.3. The molecule has 1 aliphatic heterocycles. The maximum absolute atomic E-state index is 13.3. The van der Waals surface area contributed by atoms with Crippen LogP contribution in [0.3, 0.4) is 0 Å². The lowest BCUT2D eigenvalue weighted by Gasteiger charge is -2.33. The number of piperidine rings is 1. The second-order valence-corrected chi connectivity index (χ2v) is 7.25. The number of H-pyrrole nitrogens is 1. The minimum atomic E-state index is -0.163. The molecule has 7 heteroatoms. The topological polar surface area (TPSA) is 79.0 Å². The molecule has 6 nitrogen and oxygen atoms in total. The van der Waals surface area contributed by atoms with E-state index >= 15 is 0 Å². The van der Waals surface area contributed by atoms with E-state index in [1.54, 1.807) is 30.2 Å². The van der Waals surface area contributed by atoms with Crippen LogP contribution in [-0.2, 0) is 0 Å². The highest BCUT2D eigenvalue weighted by Crippen LogP contribution is 2.30. The second kappa shape index (κ2) is 7.12. The summed E-state index contributed by atoms with van der Waals surface area (Å²) >= 11 is 6.38. The van der Waals surface area contributed by atoms with E-state index in [0.29, 0.717) is 29.5 Å². The highest BCUT2D eigenvalue weighted by molar-refractivity contribution is 6.35. The van der Waals surface area contributed by atoms with E-state index in [2.05, 4.69) is 15.0 Å². The molecular formula is C20H19ClN4O2. The number of pyridine rings is 1. The zero-order valence-corrected chi connectivity index (χ0v) is 15.7. The number of aromatic amines is 1. The van der Waals surface area contributed by atoms with E-state index in [0.717, 1.165) is 29.4 Å². The van der Waals surface area contributed by atoms with Crippen LogP contribution in [0, 0.1) is 6.92 Å². The average molecular weight is 383 g/mol. The number of hydrogen-bond donors (Lipinski definition) is 1. The third-order valence-corrected chi connectivity index (χ3v) is 5.27. The number of hydrogen-bond acceptors (Lipinski definition) is 4. The second-order valence-electron chi connectivity index (χ2n) is 6.84. The molecule has 1 atom stereocenters. The molecule has 0 aliphatic carbocycles. The summed E-state index contributed by atoms with van der Waals surface area (Å²) in [5.41, 5.74) is 1.80. The van der Waals surface area contributed by atoms with Gasteiger partial charge in [-0.25, -0.2) is 4.98 Å². The Bertz CT molecular complexity index is 1080. The number of nitrogens with zero attached hydrogens (tertiary/aromatic N) is 3. The SMILES string of the molecule is Cc1nc(C2CCCN(C(=O)c3c(Cl)ccc4ncccc34)C2)cc(=O)[nH]1. The highest BCUT2D eigenvalue weighted by atomic mass is 35.5. The molecule has 138 valence electrons. The van der Waals surface area contributed by atoms with Crippen molar-refractivity contribution in [3.63, 3.8) is 0 Å². The van der Waals surface area contributed by atoms with Gasteiger partial charge in [-0.2, -0.15) is 0 Å². The molecule has 1 saturated heterocycles. The molecule has 4 rings (SSSR count). The quantitative estimate of drug-likeness (QED) is 0.737. The lowest BCUT2D eigenvalue weighted by molar-refractivity contribution is 0.0708. The molecule has 0 saturated carbocycles. The number of aryl methyl sites for hydroxylation is 1. The lowest BCUT2D eigenvalue weighted by Crippen LogP contribution is -2.39. The molecule has 0 spiro atoms. The van der Waals surface area contributed by atoms with E-state index in [4.69, 9.17) is 11.6 Å². The van der Waals surface area contributed by atoms with E-state index in [1.165, 1.54) is 6.07 Å². The van der Waals surface area contributed by atoms with Crippen molar-refractivity contribution < 1.29 is 4.79 Å². The van der Waals surface area contributed by atoms with Gasteiger partial charge in [0, 0.05) is 36.7 Å². The van der Waals surface area contributed by atoms with Gasteiger partial charge in [0.2, 0.25) is 0 Å². The third-order valence-electron chi connectivity index (χ3n) is 4.95. The Balaban J connectivity index is 1.67. The molecule has 0 radical (unpaired) electrons. The van der Waals surface area contributed by atoms with Crippen molar-refractivity contribution in [2.45, 2.75) is 25.7 Å². The van der Waals surface area contributed by atoms with Gasteiger partial charge in [0.15, 0.2) is 0 Å². The molecule has 1 N–H and O–H groups in total. The maximum Gasteiger partial charge on any atom is 0.256 e. The molecule has 2 aromatic heterocycles. The Morgan fingerprint density at radius 1 is 1.33 bits per heavy atom. The van der Waals surface area contributed by atoms with Crippen LogP contribution in [0.25, 0.3) is 10.9 Å². The number of benzene rings is 1. The summed E-state index contributed by atoms with van der Waals surface area (Å²) in [6.45, 7) is 2.94. The first-order valence-electron chi connectivity index (χ1n) is 8.93. The van der Waals surface area contributed by atoms with Gasteiger partial charge in [-0.1, -0.05) is 17.7 Å². The molecular weight excluding hydrogens is 364 g/mol. The fraction of sp³-hybridized carbons (Fsp3) is 0.300. The molecule has 0 bridgehead atoms. The summed E-state index contributed by atoms with van der Waals surface area (Å²) in [5, 5.41) is 1.18. The van der Waals surface area contributed by atoms with Crippen molar-refractivity contribution in [2.75, 3.05) is 13.1 Å². The van der Waals surface area contributed by atoms with Crippen molar-refractivity contribution in [1.82, 2.24) is 19.9 Å². The first-order valence-corrected chi connectivity index (χ1v) is 9.31. The maximum atomic E-state index is 13.3. The van der Waals surface area contributed by atoms with Crippen LogP contribution >= 0.6 is 11.6 Å². The van der Waals surface area contributed by atoms with Gasteiger partial charge in [-0.05, 0) is 38.0 Å². The normalized spacial score (nSPS) is 17.3. The summed E-state index contributed by atoms with van der Waals surface area (Å²) in [6.07, 6.45) is 3.44. The molecule has 3 aromatic rings. The van der Waals surface area contributed by atoms with Gasteiger partial charge < -0.3 is 9.88 Å². The van der Waals surface area contributed by atoms with Crippen molar-refractivity contribution >= 4 is 28.4 Å². The Hall–Kier alpha value is -2.73. The minimum Gasteiger partial charge on any atom is -0.338 e. The van der Waals surface area contributed by atoms with Crippen LogP contribution in [0.5, 0.6) is 0 Å². The number of likely N-dealkylation sites (tertiary alicyclic amines) is 1. The number of amides is 1. The van der Waals surface area contributed by atoms with Crippen molar-refractivity contribution in [3.05, 3.63) is 69.0 Å². The molecule has 1 amide bonds. The first kappa shape index (κ1) is 17.7. The Kier molecular flexibility index (Phi) is 4.66. The highest BCUT2D eigenvalue weighted by Gasteiger charge is 2.28. The van der Waals surface area contributed by atoms with Gasteiger partial charge in [0.05, 0.1) is 21.8 Å². The third kappa shape index (κ3) is 3.45. The fourth-order valence-electron chi connectivity index (χ4n) is 3.72. The van der Waals surface area contributed by atoms with Crippen LogP contribution in [0.2, 0.25) is 5.02 Å². The van der Waals surface area contributed by atoms with E-state index in [9.17, 15) is 9.59 Å². The van der Waals surface area contributed by atoms with Crippen LogP contribution in [0.1, 0.15) is 40.6 Å². The molecule has 1 aromatic carbocycles. The van der Waals surface area contributed by atoms with E-state index in [-0.39, 0.29) is 17.4 Å². The zero-order chi connectivity index (χ0) is 19.0. The minimum absolute atomic E-state index is 0.0376. The van der Waals surface area contributed by atoms with E-state index < -0.39 is 0 Å². The monoisotopic (exact) mass is 382 g/mol. The van der Waals surface area contributed by atoms with E-state index in [1.807, 2.05) is 12.1 Å². The number of aromatic nitrogens is 3. The molecule has 27 heavy (non-hydrogen) atoms. The van der Waals surface area contributed by atoms with Gasteiger partial charge in [-0.15, -0.1) is 0 Å². The van der Waals surface area contributed by atoms with Crippen LogP contribution in [-0.4, -0.2) is 38.8 Å². The standard InChI is InChI=1S/C20H19ClN4O2/c1-12-23-17(10-18(26)24-12)13-4-3-9-25(11-13)20(27)19-14-5-2-8-22-16(14)7-6-15(19)21/h2,5-8,10,13H,3-4,9,11H2,1H3,(H,23,24,26). The van der Waals surface area contributed by atoms with Crippen molar-refractivity contribution in [3.8, 4) is 0 Å². The van der Waals surface area contributed by atoms with Gasteiger partial charge in [0.25, 0.3) is 11.5 Å². The number of fused-ring (bicyclic) bond motifs is 1. The molecule has 1 unspecified atom stereocenters. The number of rotatable bonds is 2. The summed E-state index contributed by atoms with van der Waals surface area (Å²) in [6, 6.07) is 8.73. The van der Waals surface area contributed by atoms with Crippen LogP contribution < -0.4 is 5.56 Å². The lowest BCUT2D eigenvalue weighted by atomic mass is 9.93. The smallest absolute Gasteiger partial charge is 0.256 e. The predicted octanol–water partition coefficient (Wildman–Crippen LogP) is 3.30. The van der Waals surface area contributed by atoms with Crippen molar-refractivity contribution in [1.29, 1.82) is 0 Å². The predicted molar refractivity (Wildman–Crippen MR) is 104 cm³/mol. The number of carbonyl (C=O) groups is 1. The zero-order valence-electron chi connectivity index (χ0n) is 14.9. The number of carbonyl (C=O) groups excluding carboxylic acids is 1. The summed E-state index contributed by atoms with van der Waals surface area (Å²) in [7, 11) is 0. The molecule has 3 heterocycles. The number of nitrogens with one attached hydrogen (secondary N) is 1. The molecule has 1 aliphatic rings. The van der Waals surface area contributed by atoms with Gasteiger partial charge >= 0.3 is 0 Å². The first-order chi connectivity index (χ1) is 13.0. The largest absolute Gasteiger partial charge is 0.338 e. The Labute approximate surface area is 161 Å². The molecule has 1 fully saturated rings. The Morgan fingerprint density at radius 2 is 2.19 bits per heavy atom.